The fourth-order valence-corrected chi connectivity index (χ4v) is 3.52. The van der Waals surface area contributed by atoms with E-state index in [1.54, 1.807) is 16.7 Å². The zero-order chi connectivity index (χ0) is 16.4. The molecule has 2 aromatic rings. The van der Waals surface area contributed by atoms with Crippen LogP contribution in [0.15, 0.2) is 24.3 Å². The first kappa shape index (κ1) is 16.3. The Hall–Kier alpha value is -1.53. The van der Waals surface area contributed by atoms with E-state index in [4.69, 9.17) is 12.2 Å². The Balaban J connectivity index is 1.91. The van der Waals surface area contributed by atoms with E-state index in [9.17, 15) is 4.39 Å². The van der Waals surface area contributed by atoms with Gasteiger partial charge < -0.3 is 4.57 Å². The molecule has 1 aromatic carbocycles. The smallest absolute Gasteiger partial charge is 0.199 e. The summed E-state index contributed by atoms with van der Waals surface area (Å²) in [4.78, 5) is 2.44. The molecule has 4 nitrogen and oxygen atoms in total. The molecule has 2 heterocycles. The van der Waals surface area contributed by atoms with Gasteiger partial charge in [-0.05, 0) is 43.6 Å². The maximum absolute atomic E-state index is 14.1. The van der Waals surface area contributed by atoms with Gasteiger partial charge in [0.15, 0.2) is 10.6 Å². The molecular formula is C17H23FN4S. The molecule has 1 aliphatic rings. The molecule has 0 saturated carbocycles. The topological polar surface area (TPSA) is 26.0 Å². The summed E-state index contributed by atoms with van der Waals surface area (Å²) in [5.41, 5.74) is 0.491. The van der Waals surface area contributed by atoms with Crippen LogP contribution in [0.4, 0.5) is 4.39 Å². The molecule has 23 heavy (non-hydrogen) atoms. The van der Waals surface area contributed by atoms with Crippen LogP contribution >= 0.6 is 12.2 Å². The van der Waals surface area contributed by atoms with Crippen molar-refractivity contribution >= 4 is 12.2 Å². The van der Waals surface area contributed by atoms with Crippen LogP contribution in [0.1, 0.15) is 32.6 Å². The highest BCUT2D eigenvalue weighted by Gasteiger charge is 2.22. The normalized spacial score (nSPS) is 19.2. The third-order valence-corrected chi connectivity index (χ3v) is 5.18. The first-order valence-electron chi connectivity index (χ1n) is 8.24. The van der Waals surface area contributed by atoms with Crippen molar-refractivity contribution in [3.63, 3.8) is 0 Å². The van der Waals surface area contributed by atoms with Crippen molar-refractivity contribution in [2.45, 2.75) is 45.3 Å². The SMILES string of the molecule is CC[C@H]1CCCCN1Cn1nc(-c2ccccc2F)n(C)c1=S. The summed E-state index contributed by atoms with van der Waals surface area (Å²) < 4.78 is 18.3. The molecule has 6 heteroatoms. The molecule has 1 aromatic heterocycles. The lowest BCUT2D eigenvalue weighted by molar-refractivity contribution is 0.100. The fourth-order valence-electron chi connectivity index (χ4n) is 3.34. The molecule has 124 valence electrons. The van der Waals surface area contributed by atoms with Crippen LogP contribution in [0, 0.1) is 10.6 Å². The third-order valence-electron chi connectivity index (χ3n) is 4.69. The second kappa shape index (κ2) is 6.93. The van der Waals surface area contributed by atoms with Crippen molar-refractivity contribution in [1.29, 1.82) is 0 Å². The third kappa shape index (κ3) is 3.23. The summed E-state index contributed by atoms with van der Waals surface area (Å²) >= 11 is 5.51. The molecule has 0 N–H and O–H groups in total. The molecule has 0 spiro atoms. The van der Waals surface area contributed by atoms with E-state index in [1.165, 1.54) is 25.3 Å². The minimum absolute atomic E-state index is 0.271. The van der Waals surface area contributed by atoms with Crippen LogP contribution in [-0.2, 0) is 13.7 Å². The molecule has 0 amide bonds. The first-order valence-corrected chi connectivity index (χ1v) is 8.65. The largest absolute Gasteiger partial charge is 0.303 e. The van der Waals surface area contributed by atoms with Crippen molar-refractivity contribution in [3.8, 4) is 11.4 Å². The van der Waals surface area contributed by atoms with E-state index in [0.717, 1.165) is 13.0 Å². The maximum atomic E-state index is 14.1. The summed E-state index contributed by atoms with van der Waals surface area (Å²) in [6, 6.07) is 7.29. The lowest BCUT2D eigenvalue weighted by atomic mass is 10.0. The number of nitrogens with zero attached hydrogens (tertiary/aromatic N) is 4. The van der Waals surface area contributed by atoms with Gasteiger partial charge in [0.25, 0.3) is 0 Å². The first-order chi connectivity index (χ1) is 11.1. The van der Waals surface area contributed by atoms with Gasteiger partial charge in [-0.3, -0.25) is 4.90 Å². The van der Waals surface area contributed by atoms with E-state index in [0.29, 0.717) is 28.9 Å². The van der Waals surface area contributed by atoms with E-state index in [-0.39, 0.29) is 5.82 Å². The Morgan fingerprint density at radius 3 is 2.83 bits per heavy atom. The molecule has 1 aliphatic heterocycles. The summed E-state index contributed by atoms with van der Waals surface area (Å²) in [7, 11) is 1.85. The Labute approximate surface area is 141 Å². The monoisotopic (exact) mass is 334 g/mol. The second-order valence-electron chi connectivity index (χ2n) is 6.16. The van der Waals surface area contributed by atoms with Gasteiger partial charge in [-0.15, -0.1) is 0 Å². The Bertz CT molecular complexity index is 736. The number of benzene rings is 1. The Morgan fingerprint density at radius 1 is 1.30 bits per heavy atom. The molecule has 1 atom stereocenters. The number of aromatic nitrogens is 3. The van der Waals surface area contributed by atoms with Crippen LogP contribution in [0.5, 0.6) is 0 Å². The summed E-state index contributed by atoms with van der Waals surface area (Å²) in [5, 5.41) is 4.60. The average Bonchev–Trinajstić information content (AvgIpc) is 2.84. The zero-order valence-corrected chi connectivity index (χ0v) is 14.5. The molecular weight excluding hydrogens is 311 g/mol. The molecule has 0 aliphatic carbocycles. The minimum Gasteiger partial charge on any atom is -0.303 e. The van der Waals surface area contributed by atoms with Crippen molar-refractivity contribution in [2.24, 2.45) is 7.05 Å². The van der Waals surface area contributed by atoms with Crippen LogP contribution in [-0.4, -0.2) is 31.8 Å². The highest BCUT2D eigenvalue weighted by atomic mass is 32.1. The molecule has 3 rings (SSSR count). The highest BCUT2D eigenvalue weighted by Crippen LogP contribution is 2.23. The van der Waals surface area contributed by atoms with E-state index < -0.39 is 0 Å². The van der Waals surface area contributed by atoms with Crippen LogP contribution in [0.2, 0.25) is 0 Å². The van der Waals surface area contributed by atoms with Crippen LogP contribution < -0.4 is 0 Å². The molecule has 0 radical (unpaired) electrons. The number of hydrogen-bond acceptors (Lipinski definition) is 3. The number of likely N-dealkylation sites (tertiary alicyclic amines) is 1. The molecule has 0 bridgehead atoms. The van der Waals surface area contributed by atoms with Gasteiger partial charge in [-0.1, -0.05) is 25.5 Å². The van der Waals surface area contributed by atoms with Gasteiger partial charge in [0.1, 0.15) is 5.82 Å². The van der Waals surface area contributed by atoms with Crippen molar-refractivity contribution in [2.75, 3.05) is 6.54 Å². The van der Waals surface area contributed by atoms with Gasteiger partial charge in [0, 0.05) is 19.6 Å². The van der Waals surface area contributed by atoms with E-state index in [1.807, 2.05) is 17.8 Å². The molecule has 1 fully saturated rings. The zero-order valence-electron chi connectivity index (χ0n) is 13.7. The minimum atomic E-state index is -0.271. The standard InChI is InChI=1S/C17H23FN4S/c1-3-13-8-6-7-11-21(13)12-22-17(23)20(2)16(19-22)14-9-4-5-10-15(14)18/h4-5,9-10,13H,3,6-8,11-12H2,1-2H3/t13-/m0/s1. The quantitative estimate of drug-likeness (QED) is 0.791. The van der Waals surface area contributed by atoms with Gasteiger partial charge in [0.05, 0.1) is 12.2 Å². The van der Waals surface area contributed by atoms with Crippen molar-refractivity contribution in [1.82, 2.24) is 19.2 Å². The molecule has 0 unspecified atom stereocenters. The van der Waals surface area contributed by atoms with Crippen molar-refractivity contribution in [3.05, 3.63) is 34.9 Å². The van der Waals surface area contributed by atoms with Crippen LogP contribution in [0.3, 0.4) is 0 Å². The number of halogens is 1. The van der Waals surface area contributed by atoms with Gasteiger partial charge in [-0.2, -0.15) is 5.10 Å². The van der Waals surface area contributed by atoms with Gasteiger partial charge in [-0.25, -0.2) is 9.07 Å². The van der Waals surface area contributed by atoms with Crippen LogP contribution in [0.25, 0.3) is 11.4 Å². The number of piperidine rings is 1. The van der Waals surface area contributed by atoms with Crippen molar-refractivity contribution < 1.29 is 4.39 Å². The summed E-state index contributed by atoms with van der Waals surface area (Å²) in [6.45, 7) is 3.98. The number of hydrogen-bond donors (Lipinski definition) is 0. The Morgan fingerprint density at radius 2 is 2.09 bits per heavy atom. The summed E-state index contributed by atoms with van der Waals surface area (Å²) in [6.07, 6.45) is 4.89. The maximum Gasteiger partial charge on any atom is 0.199 e. The van der Waals surface area contributed by atoms with Gasteiger partial charge in [0.2, 0.25) is 0 Å². The Kier molecular flexibility index (Phi) is 4.92. The van der Waals surface area contributed by atoms with Gasteiger partial charge >= 0.3 is 0 Å². The lowest BCUT2D eigenvalue weighted by Gasteiger charge is -2.34. The van der Waals surface area contributed by atoms with E-state index in [2.05, 4.69) is 16.9 Å². The second-order valence-corrected chi connectivity index (χ2v) is 6.52. The lowest BCUT2D eigenvalue weighted by Crippen LogP contribution is -2.40. The predicted octanol–water partition coefficient (Wildman–Crippen LogP) is 3.98. The number of rotatable bonds is 4. The highest BCUT2D eigenvalue weighted by molar-refractivity contribution is 7.71. The average molecular weight is 334 g/mol. The predicted molar refractivity (Wildman–Crippen MR) is 92.1 cm³/mol. The fraction of sp³-hybridized carbons (Fsp3) is 0.529. The molecule has 1 saturated heterocycles. The summed E-state index contributed by atoms with van der Waals surface area (Å²) in [5.74, 6) is 0.310. The van der Waals surface area contributed by atoms with E-state index >= 15 is 0 Å².